The van der Waals surface area contributed by atoms with Gasteiger partial charge in [0.2, 0.25) is 5.91 Å². The van der Waals surface area contributed by atoms with Gasteiger partial charge in [0.1, 0.15) is 34.4 Å². The van der Waals surface area contributed by atoms with Crippen molar-refractivity contribution in [3.05, 3.63) is 32.1 Å². The maximum atomic E-state index is 13.0. The Labute approximate surface area is 212 Å². The maximum absolute atomic E-state index is 13.0. The van der Waals surface area contributed by atoms with Gasteiger partial charge >= 0.3 is 5.97 Å². The van der Waals surface area contributed by atoms with Crippen LogP contribution in [0.2, 0.25) is 0 Å². The fourth-order valence-corrected chi connectivity index (χ4v) is 7.23. The van der Waals surface area contributed by atoms with Gasteiger partial charge in [-0.05, 0) is 35.4 Å². The van der Waals surface area contributed by atoms with Gasteiger partial charge in [-0.1, -0.05) is 23.1 Å². The average molecular weight is 595 g/mol. The Morgan fingerprint density at radius 3 is 2.68 bits per heavy atom. The monoisotopic (exact) mass is 594 g/mol. The van der Waals surface area contributed by atoms with Crippen LogP contribution in [0.1, 0.15) is 22.8 Å². The van der Waals surface area contributed by atoms with Crippen molar-refractivity contribution < 1.29 is 28.3 Å². The molecule has 0 spiro atoms. The fraction of sp³-hybridized carbons (Fsp3) is 0.444. The first-order valence-corrected chi connectivity index (χ1v) is 13.4. The number of fused-ring (bicyclic) bond motifs is 1. The van der Waals surface area contributed by atoms with Gasteiger partial charge in [-0.15, -0.1) is 22.0 Å². The molecule has 2 amide bonds. The Kier molecular flexibility index (Phi) is 7.30. The highest BCUT2D eigenvalue weighted by Crippen LogP contribution is 2.41. The molecule has 0 saturated carbocycles. The number of nitrogens with one attached hydrogen (secondary N) is 1. The highest BCUT2D eigenvalue weighted by atomic mass is 79.9. The van der Waals surface area contributed by atoms with E-state index in [1.807, 2.05) is 6.92 Å². The summed E-state index contributed by atoms with van der Waals surface area (Å²) in [6.45, 7) is 3.00. The number of carboxylic acid groups (broad SMARTS) is 1. The molecule has 182 valence electrons. The van der Waals surface area contributed by atoms with Gasteiger partial charge in [0.05, 0.1) is 10.2 Å². The van der Waals surface area contributed by atoms with Crippen LogP contribution in [0.3, 0.4) is 0 Å². The molecule has 2 aliphatic rings. The van der Waals surface area contributed by atoms with Gasteiger partial charge in [-0.3, -0.25) is 19.2 Å². The van der Waals surface area contributed by atoms with E-state index in [0.29, 0.717) is 27.1 Å². The predicted octanol–water partition coefficient (Wildman–Crippen LogP) is 2.58. The van der Waals surface area contributed by atoms with Crippen LogP contribution in [-0.2, 0) is 20.9 Å². The van der Waals surface area contributed by atoms with Crippen LogP contribution in [-0.4, -0.2) is 70.7 Å². The van der Waals surface area contributed by atoms with Crippen LogP contribution >= 0.6 is 50.8 Å². The van der Waals surface area contributed by atoms with E-state index >= 15 is 0 Å². The zero-order valence-electron chi connectivity index (χ0n) is 17.6. The second-order valence-electron chi connectivity index (χ2n) is 7.33. The van der Waals surface area contributed by atoms with Crippen LogP contribution in [0.5, 0.6) is 0 Å². The second-order valence-corrected chi connectivity index (χ2v) is 11.6. The molecule has 2 aromatic rings. The maximum Gasteiger partial charge on any atom is 0.352 e. The number of hydrogen-bond donors (Lipinski definition) is 2. The Morgan fingerprint density at radius 2 is 2.09 bits per heavy atom. The molecule has 4 rings (SSSR count). The van der Waals surface area contributed by atoms with Crippen molar-refractivity contribution in [2.45, 2.75) is 42.6 Å². The summed E-state index contributed by atoms with van der Waals surface area (Å²) in [7, 11) is 0. The van der Waals surface area contributed by atoms with Gasteiger partial charge in [-0.25, -0.2) is 13.6 Å². The molecule has 1 fully saturated rings. The second kappa shape index (κ2) is 9.91. The van der Waals surface area contributed by atoms with Crippen molar-refractivity contribution in [3.63, 3.8) is 0 Å². The van der Waals surface area contributed by atoms with E-state index in [2.05, 4.69) is 36.5 Å². The minimum Gasteiger partial charge on any atom is -0.477 e. The molecule has 2 aromatic heterocycles. The highest BCUT2D eigenvalue weighted by molar-refractivity contribution is 9.10. The van der Waals surface area contributed by atoms with Gasteiger partial charge in [0.15, 0.2) is 4.34 Å². The smallest absolute Gasteiger partial charge is 0.352 e. The third-order valence-electron chi connectivity index (χ3n) is 5.10. The molecule has 0 aliphatic carbocycles. The number of aliphatic carboxylic acids is 1. The molecule has 0 radical (unpaired) electrons. The van der Waals surface area contributed by atoms with Crippen LogP contribution in [0, 0.1) is 13.8 Å². The molecule has 2 atom stereocenters. The standard InChI is InChI=1S/C18H17BrF2N6O4S3/c1-6-10(19)11(14(20)21)25-26(6)3-9(28)22-12-15(29)27-13(17(30)31)8(4-32-16(12)27)5-33-18-24-23-7(2)34-18/h12,14,16H,3-5H2,1-2H3,(H,22,28)(H,30,31)/t12-,16-/m0/s1. The zero-order chi connectivity index (χ0) is 24.7. The third kappa shape index (κ3) is 4.72. The van der Waals surface area contributed by atoms with Gasteiger partial charge < -0.3 is 10.4 Å². The van der Waals surface area contributed by atoms with Crippen molar-refractivity contribution >= 4 is 68.6 Å². The Hall–Kier alpha value is -2.04. The molecule has 0 unspecified atom stereocenters. The van der Waals surface area contributed by atoms with E-state index in [1.165, 1.54) is 46.7 Å². The first-order chi connectivity index (χ1) is 16.1. The van der Waals surface area contributed by atoms with Gasteiger partial charge in [-0.2, -0.15) is 5.10 Å². The predicted molar refractivity (Wildman–Crippen MR) is 125 cm³/mol. The summed E-state index contributed by atoms with van der Waals surface area (Å²) in [5, 5.41) is 24.3. The number of nitrogens with zero attached hydrogens (tertiary/aromatic N) is 5. The Bertz CT molecular complexity index is 1200. The lowest BCUT2D eigenvalue weighted by Crippen LogP contribution is -2.70. The zero-order valence-corrected chi connectivity index (χ0v) is 21.7. The number of β-lactam (4-membered cyclic amide) rings is 1. The van der Waals surface area contributed by atoms with Gasteiger partial charge in [0.25, 0.3) is 12.3 Å². The average Bonchev–Trinajstić information content (AvgIpc) is 3.33. The largest absolute Gasteiger partial charge is 0.477 e. The Morgan fingerprint density at radius 1 is 1.35 bits per heavy atom. The van der Waals surface area contributed by atoms with Crippen molar-refractivity contribution in [2.24, 2.45) is 0 Å². The minimum atomic E-state index is -2.80. The van der Waals surface area contributed by atoms with Crippen molar-refractivity contribution in [1.29, 1.82) is 0 Å². The normalized spacial score (nSPS) is 19.9. The number of carboxylic acids is 1. The van der Waals surface area contributed by atoms with Crippen LogP contribution in [0.25, 0.3) is 0 Å². The number of rotatable bonds is 8. The number of hydrogen-bond acceptors (Lipinski definition) is 9. The molecule has 4 heterocycles. The molecule has 2 N–H and O–H groups in total. The van der Waals surface area contributed by atoms with E-state index in [1.54, 1.807) is 0 Å². The summed E-state index contributed by atoms with van der Waals surface area (Å²) in [4.78, 5) is 38.4. The number of amides is 2. The third-order valence-corrected chi connectivity index (χ3v) is 9.48. The first-order valence-electron chi connectivity index (χ1n) is 9.71. The number of carbonyl (C=O) groups excluding carboxylic acids is 2. The van der Waals surface area contributed by atoms with Crippen molar-refractivity contribution in [3.8, 4) is 0 Å². The van der Waals surface area contributed by atoms with Crippen molar-refractivity contribution in [2.75, 3.05) is 11.5 Å². The molecule has 34 heavy (non-hydrogen) atoms. The minimum absolute atomic E-state index is 0.0820. The molecule has 1 saturated heterocycles. The topological polar surface area (TPSA) is 130 Å². The van der Waals surface area contributed by atoms with E-state index in [9.17, 15) is 28.3 Å². The van der Waals surface area contributed by atoms with E-state index < -0.39 is 41.3 Å². The lowest BCUT2D eigenvalue weighted by molar-refractivity contribution is -0.150. The molecule has 10 nitrogen and oxygen atoms in total. The molecular weight excluding hydrogens is 578 g/mol. The quantitative estimate of drug-likeness (QED) is 0.350. The lowest BCUT2D eigenvalue weighted by Gasteiger charge is -2.49. The van der Waals surface area contributed by atoms with Crippen LogP contribution < -0.4 is 5.32 Å². The summed E-state index contributed by atoms with van der Waals surface area (Å²) >= 11 is 7.15. The van der Waals surface area contributed by atoms with E-state index in [4.69, 9.17) is 0 Å². The summed E-state index contributed by atoms with van der Waals surface area (Å²) in [5.74, 6) is -1.63. The number of aryl methyl sites for hydroxylation is 1. The molecule has 2 aliphatic heterocycles. The molecule has 0 aromatic carbocycles. The number of aromatic nitrogens is 4. The summed E-state index contributed by atoms with van der Waals surface area (Å²) in [5.41, 5.74) is 0.384. The van der Waals surface area contributed by atoms with E-state index in [-0.39, 0.29) is 16.7 Å². The number of carbonyl (C=O) groups is 3. The van der Waals surface area contributed by atoms with Crippen molar-refractivity contribution in [1.82, 2.24) is 30.2 Å². The highest BCUT2D eigenvalue weighted by Gasteiger charge is 2.54. The summed E-state index contributed by atoms with van der Waals surface area (Å²) in [6, 6.07) is -0.916. The molecule has 0 bridgehead atoms. The number of alkyl halides is 2. The molecule has 16 heteroatoms. The lowest BCUT2D eigenvalue weighted by atomic mass is 10.0. The first kappa shape index (κ1) is 25.1. The van der Waals surface area contributed by atoms with E-state index in [0.717, 1.165) is 9.69 Å². The Balaban J connectivity index is 1.43. The summed E-state index contributed by atoms with van der Waals surface area (Å²) < 4.78 is 28.0. The summed E-state index contributed by atoms with van der Waals surface area (Å²) in [6.07, 6.45) is -2.80. The number of halogens is 3. The SMILES string of the molecule is Cc1nnc(SCC2=C(C(=O)O)N3C(=O)[C@H](NC(=O)Cn4nc(C(F)F)c(Br)c4C)[C@@H]3SC2)s1. The van der Waals surface area contributed by atoms with Crippen LogP contribution in [0.4, 0.5) is 8.78 Å². The molecular formula is C18H17BrF2N6O4S3. The number of thioether (sulfide) groups is 2. The van der Waals surface area contributed by atoms with Crippen LogP contribution in [0.15, 0.2) is 20.1 Å². The van der Waals surface area contributed by atoms with Gasteiger partial charge in [0, 0.05) is 11.5 Å². The fourth-order valence-electron chi connectivity index (χ4n) is 3.48.